The summed E-state index contributed by atoms with van der Waals surface area (Å²) in [6.07, 6.45) is -0.613. The van der Waals surface area contributed by atoms with E-state index in [4.69, 9.17) is 10.5 Å². The minimum atomic E-state index is -0.613. The first-order valence-corrected chi connectivity index (χ1v) is 6.87. The average molecular weight is 288 g/mol. The quantitative estimate of drug-likeness (QED) is 0.718. The van der Waals surface area contributed by atoms with E-state index >= 15 is 0 Å². The van der Waals surface area contributed by atoms with Crippen LogP contribution in [-0.2, 0) is 11.3 Å². The number of anilines is 2. The van der Waals surface area contributed by atoms with Crippen LogP contribution in [-0.4, -0.2) is 28.2 Å². The molecule has 0 aliphatic heterocycles. The van der Waals surface area contributed by atoms with Gasteiger partial charge in [-0.2, -0.15) is 0 Å². The highest BCUT2D eigenvalue weighted by Crippen LogP contribution is 2.14. The Balaban J connectivity index is 1.97. The lowest BCUT2D eigenvalue weighted by Gasteiger charge is -2.13. The van der Waals surface area contributed by atoms with Gasteiger partial charge in [0.05, 0.1) is 6.10 Å². The molecule has 1 aromatic carbocycles. The van der Waals surface area contributed by atoms with Gasteiger partial charge in [0.2, 0.25) is 0 Å². The van der Waals surface area contributed by atoms with E-state index < -0.39 is 6.10 Å². The summed E-state index contributed by atoms with van der Waals surface area (Å²) in [7, 11) is 0. The maximum Gasteiger partial charge on any atom is 0.158 e. The summed E-state index contributed by atoms with van der Waals surface area (Å²) in [5.41, 5.74) is 6.59. The third-order valence-electron chi connectivity index (χ3n) is 2.89. The predicted molar refractivity (Wildman–Crippen MR) is 81.7 cm³/mol. The molecule has 0 saturated heterocycles. The highest BCUT2D eigenvalue weighted by Gasteiger charge is 2.08. The van der Waals surface area contributed by atoms with E-state index in [9.17, 15) is 5.11 Å². The number of nitrogens with two attached hydrogens (primary N) is 1. The van der Waals surface area contributed by atoms with Crippen LogP contribution in [0.15, 0.2) is 36.4 Å². The highest BCUT2D eigenvalue weighted by atomic mass is 16.5. The fourth-order valence-corrected chi connectivity index (χ4v) is 1.86. The van der Waals surface area contributed by atoms with Gasteiger partial charge in [-0.3, -0.25) is 0 Å². The van der Waals surface area contributed by atoms with E-state index in [0.717, 1.165) is 5.56 Å². The zero-order chi connectivity index (χ0) is 15.1. The Morgan fingerprint density at radius 1 is 1.29 bits per heavy atom. The Bertz CT molecular complexity index is 563. The number of nitrogens with one attached hydrogen (secondary N) is 1. The Morgan fingerprint density at radius 2 is 2.05 bits per heavy atom. The molecule has 0 spiro atoms. The summed E-state index contributed by atoms with van der Waals surface area (Å²) in [5, 5.41) is 13.2. The predicted octanol–water partition coefficient (Wildman–Crippen LogP) is 1.74. The van der Waals surface area contributed by atoms with E-state index in [2.05, 4.69) is 15.3 Å². The Hall–Kier alpha value is -2.18. The van der Waals surface area contributed by atoms with Crippen LogP contribution in [0.1, 0.15) is 24.4 Å². The minimum absolute atomic E-state index is 0.317. The molecular formula is C15H20N4O2. The van der Waals surface area contributed by atoms with Crippen LogP contribution in [0.3, 0.4) is 0 Å². The van der Waals surface area contributed by atoms with Gasteiger partial charge in [0.25, 0.3) is 0 Å². The molecule has 0 radical (unpaired) electrons. The maximum atomic E-state index is 10.1. The molecular weight excluding hydrogens is 268 g/mol. The number of hydrogen-bond donors (Lipinski definition) is 3. The molecule has 1 heterocycles. The van der Waals surface area contributed by atoms with Gasteiger partial charge in [0.1, 0.15) is 18.2 Å². The van der Waals surface area contributed by atoms with Crippen molar-refractivity contribution in [2.24, 2.45) is 0 Å². The monoisotopic (exact) mass is 288 g/mol. The van der Waals surface area contributed by atoms with Crippen LogP contribution in [0.25, 0.3) is 0 Å². The number of aliphatic hydroxyl groups excluding tert-OH is 1. The lowest BCUT2D eigenvalue weighted by atomic mass is 10.1. The number of aromatic nitrogens is 2. The molecule has 0 fully saturated rings. The SMILES string of the molecule is CCOCc1nc(N)cc(NCC(O)c2ccccc2)n1. The molecule has 1 aromatic heterocycles. The summed E-state index contributed by atoms with van der Waals surface area (Å²) >= 11 is 0. The molecule has 6 nitrogen and oxygen atoms in total. The van der Waals surface area contributed by atoms with Gasteiger partial charge in [-0.25, -0.2) is 9.97 Å². The Morgan fingerprint density at radius 3 is 2.76 bits per heavy atom. The molecule has 1 atom stereocenters. The van der Waals surface area contributed by atoms with E-state index in [1.165, 1.54) is 0 Å². The topological polar surface area (TPSA) is 93.3 Å². The molecule has 0 aliphatic rings. The number of rotatable bonds is 7. The van der Waals surface area contributed by atoms with Crippen LogP contribution in [0.4, 0.5) is 11.6 Å². The molecule has 0 aliphatic carbocycles. The summed E-state index contributed by atoms with van der Waals surface area (Å²) < 4.78 is 5.27. The molecule has 2 rings (SSSR count). The molecule has 2 aromatic rings. The smallest absolute Gasteiger partial charge is 0.158 e. The Kier molecular flexibility index (Phi) is 5.48. The van der Waals surface area contributed by atoms with Gasteiger partial charge >= 0.3 is 0 Å². The zero-order valence-electron chi connectivity index (χ0n) is 12.0. The average Bonchev–Trinajstić information content (AvgIpc) is 2.51. The van der Waals surface area contributed by atoms with Crippen molar-refractivity contribution in [3.8, 4) is 0 Å². The third kappa shape index (κ3) is 4.70. The van der Waals surface area contributed by atoms with Crippen molar-refractivity contribution in [3.05, 3.63) is 47.8 Å². The molecule has 0 amide bonds. The molecule has 4 N–H and O–H groups in total. The summed E-state index contributed by atoms with van der Waals surface area (Å²) in [6.45, 7) is 3.15. The van der Waals surface area contributed by atoms with Gasteiger partial charge < -0.3 is 20.9 Å². The normalized spacial score (nSPS) is 12.1. The molecule has 112 valence electrons. The number of aliphatic hydroxyl groups is 1. The molecule has 0 saturated carbocycles. The largest absolute Gasteiger partial charge is 0.387 e. The first-order chi connectivity index (χ1) is 10.2. The van der Waals surface area contributed by atoms with Crippen molar-refractivity contribution in [2.75, 3.05) is 24.2 Å². The van der Waals surface area contributed by atoms with Gasteiger partial charge in [-0.15, -0.1) is 0 Å². The summed E-state index contributed by atoms with van der Waals surface area (Å²) in [4.78, 5) is 8.39. The highest BCUT2D eigenvalue weighted by molar-refractivity contribution is 5.44. The van der Waals surface area contributed by atoms with Crippen LogP contribution in [0, 0.1) is 0 Å². The van der Waals surface area contributed by atoms with Crippen LogP contribution in [0.5, 0.6) is 0 Å². The van der Waals surface area contributed by atoms with Crippen LogP contribution in [0.2, 0.25) is 0 Å². The van der Waals surface area contributed by atoms with Crippen LogP contribution >= 0.6 is 0 Å². The fraction of sp³-hybridized carbons (Fsp3) is 0.333. The molecule has 0 bridgehead atoms. The van der Waals surface area contributed by atoms with E-state index in [0.29, 0.717) is 37.2 Å². The van der Waals surface area contributed by atoms with E-state index in [1.54, 1.807) is 6.07 Å². The number of nitrogen functional groups attached to an aromatic ring is 1. The zero-order valence-corrected chi connectivity index (χ0v) is 12.0. The van der Waals surface area contributed by atoms with Crippen LogP contribution < -0.4 is 11.1 Å². The lowest BCUT2D eigenvalue weighted by molar-refractivity contribution is 0.128. The number of nitrogens with zero attached hydrogens (tertiary/aromatic N) is 2. The van der Waals surface area contributed by atoms with Crippen molar-refractivity contribution < 1.29 is 9.84 Å². The first-order valence-electron chi connectivity index (χ1n) is 6.87. The Labute approximate surface area is 124 Å². The second-order valence-corrected chi connectivity index (χ2v) is 4.54. The van der Waals surface area contributed by atoms with E-state index in [1.807, 2.05) is 37.3 Å². The van der Waals surface area contributed by atoms with Crippen molar-refractivity contribution in [2.45, 2.75) is 19.6 Å². The van der Waals surface area contributed by atoms with Crippen molar-refractivity contribution in [1.82, 2.24) is 9.97 Å². The standard InChI is InChI=1S/C15H20N4O2/c1-2-21-10-15-18-13(16)8-14(19-15)17-9-12(20)11-6-4-3-5-7-11/h3-8,12,20H,2,9-10H2,1H3,(H3,16,17,18,19). The third-order valence-corrected chi connectivity index (χ3v) is 2.89. The van der Waals surface area contributed by atoms with Gasteiger partial charge in [-0.05, 0) is 12.5 Å². The van der Waals surface area contributed by atoms with Crippen molar-refractivity contribution in [3.63, 3.8) is 0 Å². The second-order valence-electron chi connectivity index (χ2n) is 4.54. The second kappa shape index (κ2) is 7.56. The summed E-state index contributed by atoms with van der Waals surface area (Å²) in [5.74, 6) is 1.47. The number of benzene rings is 1. The van der Waals surface area contributed by atoms with Crippen molar-refractivity contribution in [1.29, 1.82) is 0 Å². The summed E-state index contributed by atoms with van der Waals surface area (Å²) in [6, 6.07) is 11.1. The van der Waals surface area contributed by atoms with Gasteiger partial charge in [0.15, 0.2) is 5.82 Å². The number of ether oxygens (including phenoxy) is 1. The fourth-order valence-electron chi connectivity index (χ4n) is 1.86. The first kappa shape index (κ1) is 15.2. The van der Waals surface area contributed by atoms with Gasteiger partial charge in [0, 0.05) is 19.2 Å². The minimum Gasteiger partial charge on any atom is -0.387 e. The molecule has 1 unspecified atom stereocenters. The van der Waals surface area contributed by atoms with E-state index in [-0.39, 0.29) is 0 Å². The lowest BCUT2D eigenvalue weighted by Crippen LogP contribution is -2.14. The molecule has 6 heteroatoms. The maximum absolute atomic E-state index is 10.1. The van der Waals surface area contributed by atoms with Crippen molar-refractivity contribution >= 4 is 11.6 Å². The van der Waals surface area contributed by atoms with Gasteiger partial charge in [-0.1, -0.05) is 30.3 Å². The number of hydrogen-bond acceptors (Lipinski definition) is 6. The molecule has 21 heavy (non-hydrogen) atoms.